The lowest BCUT2D eigenvalue weighted by Crippen LogP contribution is -2.40. The molecular weight excluding hydrogens is 312 g/mol. The smallest absolute Gasteiger partial charge is 0.308 e. The number of rotatable bonds is 2. The summed E-state index contributed by atoms with van der Waals surface area (Å²) in [6, 6.07) is 1.75. The first-order chi connectivity index (χ1) is 9.11. The van der Waals surface area contributed by atoms with Crippen LogP contribution in [-0.2, 0) is 9.53 Å². The molecule has 1 aromatic rings. The second-order valence-corrected chi connectivity index (χ2v) is 5.40. The number of hydrogen-bond acceptors (Lipinski definition) is 4. The van der Waals surface area contributed by atoms with Crippen LogP contribution in [0.2, 0.25) is 0 Å². The van der Waals surface area contributed by atoms with Gasteiger partial charge in [0.15, 0.2) is 0 Å². The molecule has 102 valence electrons. The van der Waals surface area contributed by atoms with Gasteiger partial charge in [0.2, 0.25) is 0 Å². The van der Waals surface area contributed by atoms with Crippen molar-refractivity contribution in [2.24, 2.45) is 5.92 Å². The molecular formula is C13H15BrN2O3. The van der Waals surface area contributed by atoms with Crippen LogP contribution in [0.15, 0.2) is 22.9 Å². The molecule has 1 saturated heterocycles. The topological polar surface area (TPSA) is 59.5 Å². The van der Waals surface area contributed by atoms with Crippen LogP contribution < -0.4 is 0 Å². The molecule has 1 aromatic heterocycles. The molecule has 19 heavy (non-hydrogen) atoms. The van der Waals surface area contributed by atoms with Gasteiger partial charge in [-0.1, -0.05) is 0 Å². The Labute approximate surface area is 120 Å². The summed E-state index contributed by atoms with van der Waals surface area (Å²) < 4.78 is 5.51. The van der Waals surface area contributed by atoms with Gasteiger partial charge in [0.25, 0.3) is 5.91 Å². The zero-order chi connectivity index (χ0) is 13.8. The Morgan fingerprint density at radius 2 is 2.05 bits per heavy atom. The molecule has 0 saturated carbocycles. The average Bonchev–Trinajstić information content (AvgIpc) is 2.46. The van der Waals surface area contributed by atoms with Crippen molar-refractivity contribution >= 4 is 27.8 Å². The summed E-state index contributed by atoms with van der Waals surface area (Å²) in [5.74, 6) is -0.317. The molecule has 1 fully saturated rings. The fourth-order valence-electron chi connectivity index (χ4n) is 2.20. The molecule has 6 heteroatoms. The third-order valence-electron chi connectivity index (χ3n) is 3.27. The van der Waals surface area contributed by atoms with E-state index in [4.69, 9.17) is 4.74 Å². The van der Waals surface area contributed by atoms with Crippen molar-refractivity contribution < 1.29 is 14.3 Å². The lowest BCUT2D eigenvalue weighted by Gasteiger charge is -2.30. The quantitative estimate of drug-likeness (QED) is 0.778. The minimum Gasteiger partial charge on any atom is -0.469 e. The number of aromatic nitrogens is 1. The molecule has 1 aliphatic rings. The Kier molecular flexibility index (Phi) is 4.52. The summed E-state index contributed by atoms with van der Waals surface area (Å²) in [6.45, 7) is 1.15. The second-order valence-electron chi connectivity index (χ2n) is 4.48. The fourth-order valence-corrected chi connectivity index (χ4v) is 2.56. The first-order valence-electron chi connectivity index (χ1n) is 6.09. The summed E-state index contributed by atoms with van der Waals surface area (Å²) in [6.07, 6.45) is 4.50. The van der Waals surface area contributed by atoms with E-state index in [-0.39, 0.29) is 17.8 Å². The van der Waals surface area contributed by atoms with Crippen LogP contribution in [-0.4, -0.2) is 42.0 Å². The molecule has 2 rings (SSSR count). The van der Waals surface area contributed by atoms with E-state index in [1.165, 1.54) is 7.11 Å². The number of carbonyl (C=O) groups excluding carboxylic acids is 2. The number of halogens is 1. The van der Waals surface area contributed by atoms with E-state index in [1.807, 2.05) is 0 Å². The fraction of sp³-hybridized carbons (Fsp3) is 0.462. The maximum Gasteiger partial charge on any atom is 0.308 e. The summed E-state index contributed by atoms with van der Waals surface area (Å²) in [5.41, 5.74) is 0.561. The van der Waals surface area contributed by atoms with Crippen LogP contribution in [0.4, 0.5) is 0 Å². The normalized spacial score (nSPS) is 16.2. The third-order valence-corrected chi connectivity index (χ3v) is 3.70. The van der Waals surface area contributed by atoms with E-state index >= 15 is 0 Å². The number of hydrogen-bond donors (Lipinski definition) is 0. The Morgan fingerprint density at radius 1 is 1.37 bits per heavy atom. The maximum absolute atomic E-state index is 12.2. The third kappa shape index (κ3) is 3.32. The zero-order valence-corrected chi connectivity index (χ0v) is 12.2. The van der Waals surface area contributed by atoms with Gasteiger partial charge in [0.05, 0.1) is 18.6 Å². The predicted octanol–water partition coefficient (Wildman–Crippen LogP) is 1.87. The molecule has 0 aliphatic carbocycles. The van der Waals surface area contributed by atoms with Gasteiger partial charge in [-0.2, -0.15) is 0 Å². The molecule has 1 amide bonds. The SMILES string of the molecule is COC(=O)C1CCN(C(=O)c2cncc(Br)c2)CC1. The minimum absolute atomic E-state index is 0.0443. The van der Waals surface area contributed by atoms with Crippen molar-refractivity contribution in [3.8, 4) is 0 Å². The van der Waals surface area contributed by atoms with Crippen molar-refractivity contribution in [3.63, 3.8) is 0 Å². The van der Waals surface area contributed by atoms with Gasteiger partial charge in [-0.3, -0.25) is 14.6 Å². The Morgan fingerprint density at radius 3 is 2.63 bits per heavy atom. The lowest BCUT2D eigenvalue weighted by atomic mass is 9.96. The first kappa shape index (κ1) is 14.0. The van der Waals surface area contributed by atoms with Gasteiger partial charge in [0.1, 0.15) is 0 Å². The van der Waals surface area contributed by atoms with Crippen molar-refractivity contribution in [3.05, 3.63) is 28.5 Å². The first-order valence-corrected chi connectivity index (χ1v) is 6.88. The van der Waals surface area contributed by atoms with Crippen LogP contribution >= 0.6 is 15.9 Å². The van der Waals surface area contributed by atoms with Gasteiger partial charge < -0.3 is 9.64 Å². The monoisotopic (exact) mass is 326 g/mol. The van der Waals surface area contributed by atoms with Gasteiger partial charge in [-0.25, -0.2) is 0 Å². The largest absolute Gasteiger partial charge is 0.469 e. The van der Waals surface area contributed by atoms with Gasteiger partial charge >= 0.3 is 5.97 Å². The zero-order valence-electron chi connectivity index (χ0n) is 10.6. The highest BCUT2D eigenvalue weighted by atomic mass is 79.9. The highest BCUT2D eigenvalue weighted by molar-refractivity contribution is 9.10. The van der Waals surface area contributed by atoms with E-state index in [2.05, 4.69) is 20.9 Å². The molecule has 2 heterocycles. The maximum atomic E-state index is 12.2. The van der Waals surface area contributed by atoms with Crippen LogP contribution in [0, 0.1) is 5.92 Å². The van der Waals surface area contributed by atoms with Crippen molar-refractivity contribution in [2.75, 3.05) is 20.2 Å². The van der Waals surface area contributed by atoms with Gasteiger partial charge in [0, 0.05) is 30.0 Å². The second kappa shape index (κ2) is 6.14. The van der Waals surface area contributed by atoms with E-state index in [9.17, 15) is 9.59 Å². The number of methoxy groups -OCH3 is 1. The Bertz CT molecular complexity index is 485. The molecule has 0 atom stereocenters. The summed E-state index contributed by atoms with van der Waals surface area (Å²) in [5, 5.41) is 0. The van der Waals surface area contributed by atoms with Gasteiger partial charge in [-0.05, 0) is 34.8 Å². The number of carbonyl (C=O) groups is 2. The molecule has 5 nitrogen and oxygen atoms in total. The lowest BCUT2D eigenvalue weighted by molar-refractivity contribution is -0.146. The number of nitrogens with zero attached hydrogens (tertiary/aromatic N) is 2. The molecule has 0 N–H and O–H groups in total. The van der Waals surface area contributed by atoms with Crippen LogP contribution in [0.3, 0.4) is 0 Å². The van der Waals surface area contributed by atoms with Crippen molar-refractivity contribution in [1.29, 1.82) is 0 Å². The van der Waals surface area contributed by atoms with Crippen LogP contribution in [0.5, 0.6) is 0 Å². The van der Waals surface area contributed by atoms with E-state index in [1.54, 1.807) is 23.4 Å². The number of esters is 1. The molecule has 0 spiro atoms. The molecule has 0 unspecified atom stereocenters. The number of pyridine rings is 1. The summed E-state index contributed by atoms with van der Waals surface area (Å²) in [4.78, 5) is 29.4. The standard InChI is InChI=1S/C13H15BrN2O3/c1-19-13(18)9-2-4-16(5-3-9)12(17)10-6-11(14)8-15-7-10/h6-9H,2-5H2,1H3. The van der Waals surface area contributed by atoms with Crippen LogP contribution in [0.1, 0.15) is 23.2 Å². The Balaban J connectivity index is 1.98. The highest BCUT2D eigenvalue weighted by Gasteiger charge is 2.28. The number of likely N-dealkylation sites (tertiary alicyclic amines) is 1. The molecule has 0 radical (unpaired) electrons. The van der Waals surface area contributed by atoms with Crippen LogP contribution in [0.25, 0.3) is 0 Å². The summed E-state index contributed by atoms with van der Waals surface area (Å²) in [7, 11) is 1.40. The van der Waals surface area contributed by atoms with Crippen molar-refractivity contribution in [1.82, 2.24) is 9.88 Å². The summed E-state index contributed by atoms with van der Waals surface area (Å²) >= 11 is 3.30. The van der Waals surface area contributed by atoms with E-state index in [0.29, 0.717) is 31.5 Å². The number of amides is 1. The number of piperidine rings is 1. The molecule has 1 aliphatic heterocycles. The Hall–Kier alpha value is -1.43. The van der Waals surface area contributed by atoms with E-state index in [0.717, 1.165) is 4.47 Å². The average molecular weight is 327 g/mol. The minimum atomic E-state index is -0.184. The van der Waals surface area contributed by atoms with Gasteiger partial charge in [-0.15, -0.1) is 0 Å². The van der Waals surface area contributed by atoms with E-state index < -0.39 is 0 Å². The molecule has 0 bridgehead atoms. The molecule has 0 aromatic carbocycles. The van der Waals surface area contributed by atoms with Crippen molar-refractivity contribution in [2.45, 2.75) is 12.8 Å². The number of ether oxygens (including phenoxy) is 1. The predicted molar refractivity (Wildman–Crippen MR) is 72.6 cm³/mol. The highest BCUT2D eigenvalue weighted by Crippen LogP contribution is 2.20.